The van der Waals surface area contributed by atoms with Gasteiger partial charge in [-0.15, -0.1) is 12.4 Å². The molecule has 3 N–H and O–H groups in total. The summed E-state index contributed by atoms with van der Waals surface area (Å²) in [4.78, 5) is 12.9. The number of carbonyl (C=O) groups is 1. The number of amides is 1. The smallest absolute Gasteiger partial charge is 0.223 e. The molecule has 1 saturated heterocycles. The maximum atomic E-state index is 12.9. The van der Waals surface area contributed by atoms with E-state index in [0.717, 1.165) is 49.0 Å². The third kappa shape index (κ3) is 5.34. The van der Waals surface area contributed by atoms with E-state index >= 15 is 0 Å². The molecule has 6 heteroatoms. The van der Waals surface area contributed by atoms with Gasteiger partial charge in [-0.2, -0.15) is 0 Å². The van der Waals surface area contributed by atoms with Gasteiger partial charge in [-0.25, -0.2) is 0 Å². The van der Waals surface area contributed by atoms with Crippen LogP contribution in [0.15, 0.2) is 54.6 Å². The van der Waals surface area contributed by atoms with Crippen molar-refractivity contribution in [1.82, 2.24) is 5.32 Å². The Bertz CT molecular complexity index is 807. The van der Waals surface area contributed by atoms with Gasteiger partial charge in [0, 0.05) is 25.2 Å². The zero-order valence-corrected chi connectivity index (χ0v) is 18.0. The number of benzene rings is 2. The summed E-state index contributed by atoms with van der Waals surface area (Å²) in [5.41, 5.74) is 7.89. The van der Waals surface area contributed by atoms with Gasteiger partial charge in [0.25, 0.3) is 0 Å². The number of hydrogen-bond donors (Lipinski definition) is 2. The van der Waals surface area contributed by atoms with E-state index in [4.69, 9.17) is 15.2 Å². The van der Waals surface area contributed by atoms with Crippen LogP contribution in [0.2, 0.25) is 0 Å². The molecule has 1 aliphatic carbocycles. The second-order valence-corrected chi connectivity index (χ2v) is 8.25. The lowest BCUT2D eigenvalue weighted by molar-refractivity contribution is -0.128. The molecule has 0 aromatic heterocycles. The molecule has 4 rings (SSSR count). The van der Waals surface area contributed by atoms with Crippen LogP contribution in [-0.2, 0) is 21.7 Å². The third-order valence-electron chi connectivity index (χ3n) is 6.21. The van der Waals surface area contributed by atoms with Crippen molar-refractivity contribution < 1.29 is 14.3 Å². The van der Waals surface area contributed by atoms with Gasteiger partial charge < -0.3 is 20.5 Å². The third-order valence-corrected chi connectivity index (χ3v) is 6.21. The van der Waals surface area contributed by atoms with Crippen molar-refractivity contribution in [2.24, 2.45) is 11.7 Å². The number of halogens is 1. The Morgan fingerprint density at radius 2 is 1.77 bits per heavy atom. The zero-order valence-electron chi connectivity index (χ0n) is 17.2. The van der Waals surface area contributed by atoms with Gasteiger partial charge in [-0.05, 0) is 55.4 Å². The minimum atomic E-state index is -0.375. The first-order valence-corrected chi connectivity index (χ1v) is 10.6. The largest absolute Gasteiger partial charge is 0.489 e. The minimum Gasteiger partial charge on any atom is -0.489 e. The number of hydrogen-bond acceptors (Lipinski definition) is 4. The first-order chi connectivity index (χ1) is 14.1. The molecule has 2 aromatic carbocycles. The van der Waals surface area contributed by atoms with E-state index in [9.17, 15) is 4.79 Å². The van der Waals surface area contributed by atoms with E-state index in [-0.39, 0.29) is 35.8 Å². The Kier molecular flexibility index (Phi) is 7.75. The molecule has 1 aliphatic heterocycles. The number of ether oxygens (including phenoxy) is 2. The van der Waals surface area contributed by atoms with Crippen LogP contribution in [-0.4, -0.2) is 25.2 Å². The average Bonchev–Trinajstić information content (AvgIpc) is 3.20. The highest BCUT2D eigenvalue weighted by Crippen LogP contribution is 2.35. The summed E-state index contributed by atoms with van der Waals surface area (Å²) in [5, 5.41) is 3.37. The fourth-order valence-electron chi connectivity index (χ4n) is 4.41. The lowest BCUT2D eigenvalue weighted by Crippen LogP contribution is -2.51. The Labute approximate surface area is 184 Å². The van der Waals surface area contributed by atoms with Gasteiger partial charge in [-0.1, -0.05) is 42.5 Å². The van der Waals surface area contributed by atoms with Crippen LogP contribution < -0.4 is 15.8 Å². The Morgan fingerprint density at radius 1 is 1.07 bits per heavy atom. The Balaban J connectivity index is 0.00000256. The molecule has 0 bridgehead atoms. The van der Waals surface area contributed by atoms with Crippen molar-refractivity contribution >= 4 is 18.3 Å². The Morgan fingerprint density at radius 3 is 2.40 bits per heavy atom. The second-order valence-electron chi connectivity index (χ2n) is 8.25. The van der Waals surface area contributed by atoms with Crippen LogP contribution in [0.1, 0.15) is 43.2 Å². The van der Waals surface area contributed by atoms with Crippen LogP contribution in [0.3, 0.4) is 0 Å². The summed E-state index contributed by atoms with van der Waals surface area (Å²) < 4.78 is 11.5. The van der Waals surface area contributed by atoms with Crippen LogP contribution >= 0.6 is 12.4 Å². The fraction of sp³-hybridized carbons (Fsp3) is 0.458. The first kappa shape index (κ1) is 22.6. The average molecular weight is 431 g/mol. The SMILES string of the molecule is Cl.NC1CCC(C(=O)NC2(c3ccc(OCc4ccccc4)cc3)CCOCC2)C1. The number of rotatable bonds is 6. The molecule has 1 amide bonds. The standard InChI is InChI=1S/C24H30N2O3.ClH/c25-21-9-6-19(16-21)23(27)26-24(12-14-28-15-13-24)20-7-10-22(11-8-20)29-17-18-4-2-1-3-5-18;/h1-5,7-8,10-11,19,21H,6,9,12-17,25H2,(H,26,27);1H. The van der Waals surface area contributed by atoms with Crippen molar-refractivity contribution in [3.05, 3.63) is 65.7 Å². The quantitative estimate of drug-likeness (QED) is 0.728. The maximum absolute atomic E-state index is 12.9. The molecule has 30 heavy (non-hydrogen) atoms. The lowest BCUT2D eigenvalue weighted by Gasteiger charge is -2.39. The highest BCUT2D eigenvalue weighted by molar-refractivity contribution is 5.85. The molecular formula is C24H31ClN2O3. The lowest BCUT2D eigenvalue weighted by atomic mass is 9.82. The second kappa shape index (κ2) is 10.3. The molecule has 5 nitrogen and oxygen atoms in total. The van der Waals surface area contributed by atoms with Gasteiger partial charge in [0.1, 0.15) is 12.4 Å². The molecule has 0 radical (unpaired) electrons. The Hall–Kier alpha value is -2.08. The predicted octanol–water partition coefficient (Wildman–Crippen LogP) is 3.94. The van der Waals surface area contributed by atoms with Gasteiger partial charge in [0.15, 0.2) is 0 Å². The first-order valence-electron chi connectivity index (χ1n) is 10.6. The van der Waals surface area contributed by atoms with Crippen molar-refractivity contribution in [2.45, 2.75) is 50.3 Å². The number of nitrogens with one attached hydrogen (secondary N) is 1. The number of carbonyl (C=O) groups excluding carboxylic acids is 1. The van der Waals surface area contributed by atoms with Crippen LogP contribution in [0.25, 0.3) is 0 Å². The zero-order chi connectivity index (χ0) is 20.1. The van der Waals surface area contributed by atoms with Gasteiger partial charge in [0.2, 0.25) is 5.91 Å². The van der Waals surface area contributed by atoms with Gasteiger partial charge >= 0.3 is 0 Å². The van der Waals surface area contributed by atoms with Crippen molar-refractivity contribution in [2.75, 3.05) is 13.2 Å². The molecule has 1 heterocycles. The fourth-order valence-corrected chi connectivity index (χ4v) is 4.41. The summed E-state index contributed by atoms with van der Waals surface area (Å²) in [6.07, 6.45) is 4.15. The molecule has 0 spiro atoms. The maximum Gasteiger partial charge on any atom is 0.223 e. The summed E-state index contributed by atoms with van der Waals surface area (Å²) in [7, 11) is 0. The molecule has 1 saturated carbocycles. The summed E-state index contributed by atoms with van der Waals surface area (Å²) in [6, 6.07) is 18.4. The molecular weight excluding hydrogens is 400 g/mol. The van der Waals surface area contributed by atoms with Crippen LogP contribution in [0.4, 0.5) is 0 Å². The van der Waals surface area contributed by atoms with E-state index in [1.54, 1.807) is 0 Å². The van der Waals surface area contributed by atoms with E-state index < -0.39 is 0 Å². The monoisotopic (exact) mass is 430 g/mol. The summed E-state index contributed by atoms with van der Waals surface area (Å²) in [6.45, 7) is 1.84. The van der Waals surface area contributed by atoms with Crippen molar-refractivity contribution in [1.29, 1.82) is 0 Å². The molecule has 2 aliphatic rings. The summed E-state index contributed by atoms with van der Waals surface area (Å²) in [5.74, 6) is 0.982. The minimum absolute atomic E-state index is 0. The van der Waals surface area contributed by atoms with Gasteiger partial charge in [0.05, 0.1) is 5.54 Å². The highest BCUT2D eigenvalue weighted by Gasteiger charge is 2.38. The van der Waals surface area contributed by atoms with Crippen molar-refractivity contribution in [3.63, 3.8) is 0 Å². The normalized spacial score (nSPS) is 22.7. The van der Waals surface area contributed by atoms with E-state index in [2.05, 4.69) is 29.6 Å². The van der Waals surface area contributed by atoms with Crippen molar-refractivity contribution in [3.8, 4) is 5.75 Å². The summed E-state index contributed by atoms with van der Waals surface area (Å²) >= 11 is 0. The van der Waals surface area contributed by atoms with E-state index in [0.29, 0.717) is 19.8 Å². The van der Waals surface area contributed by atoms with E-state index in [1.165, 1.54) is 0 Å². The van der Waals surface area contributed by atoms with Crippen LogP contribution in [0.5, 0.6) is 5.75 Å². The number of nitrogens with two attached hydrogens (primary N) is 1. The van der Waals surface area contributed by atoms with Gasteiger partial charge in [-0.3, -0.25) is 4.79 Å². The molecule has 2 atom stereocenters. The molecule has 162 valence electrons. The molecule has 2 unspecified atom stereocenters. The predicted molar refractivity (Wildman–Crippen MR) is 120 cm³/mol. The van der Waals surface area contributed by atoms with E-state index in [1.807, 2.05) is 30.3 Å². The topological polar surface area (TPSA) is 73.6 Å². The highest BCUT2D eigenvalue weighted by atomic mass is 35.5. The molecule has 2 fully saturated rings. The van der Waals surface area contributed by atoms with Crippen LogP contribution in [0, 0.1) is 5.92 Å². The molecule has 2 aromatic rings.